The standard InChI is InChI=1S/C11H13N3/c1-9(10-5-3-2-4-6-10)14-8-11(12)7-13-14/h2-9H,12H2,1H3/t9-/m0/s1. The van der Waals surface area contributed by atoms with Crippen molar-refractivity contribution < 1.29 is 0 Å². The Labute approximate surface area is 83.2 Å². The lowest BCUT2D eigenvalue weighted by molar-refractivity contribution is 0.565. The summed E-state index contributed by atoms with van der Waals surface area (Å²) >= 11 is 0. The van der Waals surface area contributed by atoms with Crippen LogP contribution < -0.4 is 5.73 Å². The lowest BCUT2D eigenvalue weighted by Gasteiger charge is -2.11. The van der Waals surface area contributed by atoms with Gasteiger partial charge >= 0.3 is 0 Å². The lowest BCUT2D eigenvalue weighted by Crippen LogP contribution is -2.06. The molecule has 1 heterocycles. The van der Waals surface area contributed by atoms with Gasteiger partial charge in [-0.25, -0.2) is 0 Å². The molecule has 0 unspecified atom stereocenters. The average Bonchev–Trinajstić information content (AvgIpc) is 2.65. The molecule has 0 saturated heterocycles. The topological polar surface area (TPSA) is 43.8 Å². The Kier molecular flexibility index (Phi) is 2.23. The highest BCUT2D eigenvalue weighted by molar-refractivity contribution is 5.31. The molecule has 2 aromatic rings. The summed E-state index contributed by atoms with van der Waals surface area (Å²) in [5.74, 6) is 0. The molecule has 0 fully saturated rings. The van der Waals surface area contributed by atoms with Gasteiger partial charge < -0.3 is 5.73 Å². The summed E-state index contributed by atoms with van der Waals surface area (Å²) in [6.07, 6.45) is 3.51. The van der Waals surface area contributed by atoms with Crippen molar-refractivity contribution in [1.29, 1.82) is 0 Å². The molecule has 0 bridgehead atoms. The molecular formula is C11H13N3. The van der Waals surface area contributed by atoms with Crippen molar-refractivity contribution in [2.24, 2.45) is 0 Å². The molecule has 3 nitrogen and oxygen atoms in total. The highest BCUT2D eigenvalue weighted by Gasteiger charge is 2.07. The lowest BCUT2D eigenvalue weighted by atomic mass is 10.1. The maximum absolute atomic E-state index is 5.61. The van der Waals surface area contributed by atoms with E-state index in [-0.39, 0.29) is 6.04 Å². The number of nitrogens with zero attached hydrogens (tertiary/aromatic N) is 2. The van der Waals surface area contributed by atoms with Crippen LogP contribution in [0.1, 0.15) is 18.5 Å². The van der Waals surface area contributed by atoms with Crippen LogP contribution in [-0.4, -0.2) is 9.78 Å². The van der Waals surface area contributed by atoms with Crippen LogP contribution in [0.15, 0.2) is 42.7 Å². The van der Waals surface area contributed by atoms with E-state index < -0.39 is 0 Å². The van der Waals surface area contributed by atoms with E-state index >= 15 is 0 Å². The molecule has 1 atom stereocenters. The third-order valence-corrected chi connectivity index (χ3v) is 2.30. The zero-order chi connectivity index (χ0) is 9.97. The summed E-state index contributed by atoms with van der Waals surface area (Å²) in [6, 6.07) is 10.5. The van der Waals surface area contributed by atoms with Crippen LogP contribution in [0.25, 0.3) is 0 Å². The molecule has 3 heteroatoms. The maximum Gasteiger partial charge on any atom is 0.0741 e. The van der Waals surface area contributed by atoms with Gasteiger partial charge in [-0.2, -0.15) is 5.10 Å². The number of nitrogen functional groups attached to an aromatic ring is 1. The molecule has 1 aromatic heterocycles. The Morgan fingerprint density at radius 3 is 2.57 bits per heavy atom. The molecule has 0 saturated carbocycles. The Morgan fingerprint density at radius 2 is 2.00 bits per heavy atom. The third-order valence-electron chi connectivity index (χ3n) is 2.30. The van der Waals surface area contributed by atoms with Crippen LogP contribution >= 0.6 is 0 Å². The molecular weight excluding hydrogens is 174 g/mol. The van der Waals surface area contributed by atoms with Gasteiger partial charge in [-0.05, 0) is 12.5 Å². The highest BCUT2D eigenvalue weighted by Crippen LogP contribution is 2.17. The molecule has 0 amide bonds. The Balaban J connectivity index is 2.29. The molecule has 14 heavy (non-hydrogen) atoms. The van der Waals surface area contributed by atoms with Crippen LogP contribution in [0.2, 0.25) is 0 Å². The second-order valence-corrected chi connectivity index (χ2v) is 3.34. The number of anilines is 1. The number of rotatable bonds is 2. The Hall–Kier alpha value is -1.77. The number of nitrogens with two attached hydrogens (primary N) is 1. The molecule has 0 aliphatic heterocycles. The van der Waals surface area contributed by atoms with E-state index in [2.05, 4.69) is 24.2 Å². The number of benzene rings is 1. The van der Waals surface area contributed by atoms with Crippen molar-refractivity contribution in [2.75, 3.05) is 5.73 Å². The van der Waals surface area contributed by atoms with Gasteiger partial charge in [0.25, 0.3) is 0 Å². The summed E-state index contributed by atoms with van der Waals surface area (Å²) in [4.78, 5) is 0. The summed E-state index contributed by atoms with van der Waals surface area (Å²) in [5.41, 5.74) is 7.54. The SMILES string of the molecule is C[C@@H](c1ccccc1)n1cc(N)cn1. The van der Waals surface area contributed by atoms with Crippen LogP contribution in [0.3, 0.4) is 0 Å². The second kappa shape index (κ2) is 3.54. The summed E-state index contributed by atoms with van der Waals surface area (Å²) in [7, 11) is 0. The zero-order valence-electron chi connectivity index (χ0n) is 8.09. The first-order valence-electron chi connectivity index (χ1n) is 4.62. The minimum Gasteiger partial charge on any atom is -0.396 e. The maximum atomic E-state index is 5.61. The molecule has 1 aromatic carbocycles. The fraction of sp³-hybridized carbons (Fsp3) is 0.182. The molecule has 2 N–H and O–H groups in total. The average molecular weight is 187 g/mol. The quantitative estimate of drug-likeness (QED) is 0.782. The van der Waals surface area contributed by atoms with Gasteiger partial charge in [-0.1, -0.05) is 30.3 Å². The summed E-state index contributed by atoms with van der Waals surface area (Å²) < 4.78 is 1.87. The van der Waals surface area contributed by atoms with E-state index in [1.807, 2.05) is 29.1 Å². The molecule has 0 radical (unpaired) electrons. The molecule has 72 valence electrons. The minimum atomic E-state index is 0.230. The third kappa shape index (κ3) is 1.62. The number of hydrogen-bond donors (Lipinski definition) is 1. The van der Waals surface area contributed by atoms with Gasteiger partial charge in [0, 0.05) is 6.20 Å². The summed E-state index contributed by atoms with van der Waals surface area (Å²) in [5, 5.41) is 4.18. The molecule has 0 spiro atoms. The minimum absolute atomic E-state index is 0.230. The zero-order valence-corrected chi connectivity index (χ0v) is 8.09. The van der Waals surface area contributed by atoms with Gasteiger partial charge in [0.2, 0.25) is 0 Å². The van der Waals surface area contributed by atoms with Crippen LogP contribution in [0.5, 0.6) is 0 Å². The van der Waals surface area contributed by atoms with Crippen molar-refractivity contribution in [1.82, 2.24) is 9.78 Å². The molecule has 0 aliphatic rings. The van der Waals surface area contributed by atoms with E-state index in [1.165, 1.54) is 5.56 Å². The largest absolute Gasteiger partial charge is 0.396 e. The van der Waals surface area contributed by atoms with Gasteiger partial charge in [-0.3, -0.25) is 4.68 Å². The summed E-state index contributed by atoms with van der Waals surface area (Å²) in [6.45, 7) is 2.10. The Bertz CT molecular complexity index is 405. The van der Waals surface area contributed by atoms with E-state index in [0.717, 1.165) is 0 Å². The first-order valence-corrected chi connectivity index (χ1v) is 4.62. The van der Waals surface area contributed by atoms with Crippen LogP contribution in [-0.2, 0) is 0 Å². The number of hydrogen-bond acceptors (Lipinski definition) is 2. The van der Waals surface area contributed by atoms with Gasteiger partial charge in [0.15, 0.2) is 0 Å². The number of aromatic nitrogens is 2. The van der Waals surface area contributed by atoms with Crippen molar-refractivity contribution >= 4 is 5.69 Å². The first-order chi connectivity index (χ1) is 6.77. The fourth-order valence-electron chi connectivity index (χ4n) is 1.45. The fourth-order valence-corrected chi connectivity index (χ4v) is 1.45. The monoisotopic (exact) mass is 187 g/mol. The van der Waals surface area contributed by atoms with Crippen molar-refractivity contribution in [3.63, 3.8) is 0 Å². The molecule has 2 rings (SSSR count). The van der Waals surface area contributed by atoms with E-state index in [4.69, 9.17) is 5.73 Å². The van der Waals surface area contributed by atoms with E-state index in [1.54, 1.807) is 6.20 Å². The van der Waals surface area contributed by atoms with E-state index in [0.29, 0.717) is 5.69 Å². The van der Waals surface area contributed by atoms with Gasteiger partial charge in [-0.15, -0.1) is 0 Å². The van der Waals surface area contributed by atoms with Crippen LogP contribution in [0.4, 0.5) is 5.69 Å². The van der Waals surface area contributed by atoms with Crippen LogP contribution in [0, 0.1) is 0 Å². The van der Waals surface area contributed by atoms with Gasteiger partial charge in [0.1, 0.15) is 0 Å². The normalized spacial score (nSPS) is 12.6. The smallest absolute Gasteiger partial charge is 0.0741 e. The molecule has 0 aliphatic carbocycles. The highest BCUT2D eigenvalue weighted by atomic mass is 15.3. The van der Waals surface area contributed by atoms with Gasteiger partial charge in [0.05, 0.1) is 17.9 Å². The van der Waals surface area contributed by atoms with Crippen molar-refractivity contribution in [3.8, 4) is 0 Å². The van der Waals surface area contributed by atoms with Crippen molar-refractivity contribution in [2.45, 2.75) is 13.0 Å². The first kappa shape index (κ1) is 8.81. The Morgan fingerprint density at radius 1 is 1.29 bits per heavy atom. The van der Waals surface area contributed by atoms with Crippen molar-refractivity contribution in [3.05, 3.63) is 48.3 Å². The predicted octanol–water partition coefficient (Wildman–Crippen LogP) is 2.07. The predicted molar refractivity (Wildman–Crippen MR) is 56.9 cm³/mol. The second-order valence-electron chi connectivity index (χ2n) is 3.34. The van der Waals surface area contributed by atoms with E-state index in [9.17, 15) is 0 Å².